The van der Waals surface area contributed by atoms with Crippen molar-refractivity contribution in [2.45, 2.75) is 48.8 Å². The summed E-state index contributed by atoms with van der Waals surface area (Å²) in [5, 5.41) is 107. The molecule has 0 saturated carbocycles. The van der Waals surface area contributed by atoms with Gasteiger partial charge < -0.3 is 66.8 Å². The first kappa shape index (κ1) is 34.8. The number of carboxylic acid groups (broad SMARTS) is 2. The van der Waals surface area contributed by atoms with Gasteiger partial charge in [0, 0.05) is 0 Å². The summed E-state index contributed by atoms with van der Waals surface area (Å²) in [6, 6.07) is 0. The molecule has 0 aliphatic rings. The maximum absolute atomic E-state index is 10.1. The summed E-state index contributed by atoms with van der Waals surface area (Å²) in [6.45, 7) is -2.19. The minimum absolute atomic E-state index is 0. The minimum Gasteiger partial charge on any atom is -0.853 e. The van der Waals surface area contributed by atoms with Crippen molar-refractivity contribution in [1.82, 2.24) is 0 Å². The molecule has 8 atom stereocenters. The van der Waals surface area contributed by atoms with Gasteiger partial charge in [-0.1, -0.05) is 0 Å². The van der Waals surface area contributed by atoms with Crippen molar-refractivity contribution in [3.8, 4) is 0 Å². The first-order chi connectivity index (χ1) is 11.8. The second kappa shape index (κ2) is 17.2. The van der Waals surface area contributed by atoms with Crippen molar-refractivity contribution in [1.29, 1.82) is 0 Å². The number of aliphatic hydroxyl groups is 8. The standard InChI is InChI=1S/2C6H11O7.Mg.H2O/c2*7-1-2(8)3(9)4(10)5(11)6(12)13;;/h2*2-5,8-11H,1H2,(H,12,13);;1H2/q2*-1;+2;. The molecule has 164 valence electrons. The third-order valence-electron chi connectivity index (χ3n) is 2.98. The first-order valence-corrected chi connectivity index (χ1v) is 6.89. The Bertz CT molecular complexity index is 386. The third-order valence-corrected chi connectivity index (χ3v) is 2.98. The van der Waals surface area contributed by atoms with E-state index >= 15 is 0 Å². The van der Waals surface area contributed by atoms with E-state index in [1.807, 2.05) is 0 Å². The van der Waals surface area contributed by atoms with Crippen LogP contribution in [0, 0.1) is 0 Å². The smallest absolute Gasteiger partial charge is 0.853 e. The molecule has 0 aromatic heterocycles. The Morgan fingerprint density at radius 1 is 0.607 bits per heavy atom. The van der Waals surface area contributed by atoms with Crippen molar-refractivity contribution in [2.24, 2.45) is 0 Å². The van der Waals surface area contributed by atoms with E-state index in [1.165, 1.54) is 0 Å². The fourth-order valence-electron chi connectivity index (χ4n) is 1.32. The summed E-state index contributed by atoms with van der Waals surface area (Å²) in [5.74, 6) is -3.49. The van der Waals surface area contributed by atoms with Crippen molar-refractivity contribution in [2.75, 3.05) is 13.2 Å². The van der Waals surface area contributed by atoms with Crippen LogP contribution < -0.4 is 10.2 Å². The zero-order valence-electron chi connectivity index (χ0n) is 14.3. The molecule has 28 heavy (non-hydrogen) atoms. The molecule has 0 aromatic carbocycles. The van der Waals surface area contributed by atoms with Crippen LogP contribution in [-0.4, -0.2) is 154 Å². The molecule has 0 rings (SSSR count). The van der Waals surface area contributed by atoms with Crippen molar-refractivity contribution >= 4 is 35.0 Å². The number of hydrogen-bond acceptors (Lipinski definition) is 12. The molecule has 0 spiro atoms. The molecule has 15 nitrogen and oxygen atoms in total. The Morgan fingerprint density at radius 2 is 0.821 bits per heavy atom. The predicted octanol–water partition coefficient (Wildman–Crippen LogP) is -9.46. The quantitative estimate of drug-likeness (QED) is 0.143. The van der Waals surface area contributed by atoms with E-state index in [0.717, 1.165) is 0 Å². The summed E-state index contributed by atoms with van der Waals surface area (Å²) in [5.41, 5.74) is 0. The van der Waals surface area contributed by atoms with Gasteiger partial charge in [-0.05, 0) is 0 Å². The zero-order chi connectivity index (χ0) is 21.2. The Morgan fingerprint density at radius 3 is 0.964 bits per heavy atom. The molecule has 0 radical (unpaired) electrons. The van der Waals surface area contributed by atoms with Gasteiger partial charge in [0.05, 0.1) is 12.2 Å². The molecular weight excluding hydrogens is 408 g/mol. The maximum Gasteiger partial charge on any atom is 2.00 e. The van der Waals surface area contributed by atoms with Crippen molar-refractivity contribution in [3.63, 3.8) is 0 Å². The molecule has 16 heteroatoms. The molecule has 12 N–H and O–H groups in total. The number of aliphatic carboxylic acids is 2. The number of carboxylic acids is 2. The van der Waals surface area contributed by atoms with Crippen LogP contribution in [0.4, 0.5) is 0 Å². The monoisotopic (exact) mass is 432 g/mol. The molecule has 0 aliphatic carbocycles. The molecular formula is C12H24MgO15. The Hall–Kier alpha value is -0.734. The third kappa shape index (κ3) is 12.0. The molecule has 0 amide bonds. The van der Waals surface area contributed by atoms with Crippen LogP contribution in [0.3, 0.4) is 0 Å². The van der Waals surface area contributed by atoms with E-state index in [0.29, 0.717) is 0 Å². The fraction of sp³-hybridized carbons (Fsp3) is 0.833. The van der Waals surface area contributed by atoms with Crippen LogP contribution >= 0.6 is 0 Å². The normalized spacial score (nSPS) is 18.9. The van der Waals surface area contributed by atoms with Gasteiger partial charge in [0.2, 0.25) is 0 Å². The maximum atomic E-state index is 10.1. The molecule has 8 unspecified atom stereocenters. The van der Waals surface area contributed by atoms with Crippen LogP contribution in [0.15, 0.2) is 0 Å². The number of carbonyl (C=O) groups is 2. The SMILES string of the molecule is O.O=C(O)C(O)C(O)C(O)C(O)C[O-].O=C(O)C(O)C(O)C(O)C(O)C[O-].[Mg+2]. The summed E-state index contributed by atoms with van der Waals surface area (Å²) in [6.07, 6.45) is -16.2. The van der Waals surface area contributed by atoms with E-state index < -0.39 is 74.0 Å². The molecule has 0 saturated heterocycles. The number of aliphatic hydroxyl groups excluding tert-OH is 8. The van der Waals surface area contributed by atoms with Gasteiger partial charge >= 0.3 is 35.0 Å². The van der Waals surface area contributed by atoms with Crippen molar-refractivity contribution in [3.05, 3.63) is 0 Å². The fourth-order valence-corrected chi connectivity index (χ4v) is 1.32. The topological polar surface area (TPSA) is 314 Å². The van der Waals surface area contributed by atoms with Gasteiger partial charge in [-0.25, -0.2) is 9.59 Å². The van der Waals surface area contributed by atoms with E-state index in [-0.39, 0.29) is 28.5 Å². The van der Waals surface area contributed by atoms with Crippen LogP contribution in [0.5, 0.6) is 0 Å². The summed E-state index contributed by atoms with van der Waals surface area (Å²) >= 11 is 0. The summed E-state index contributed by atoms with van der Waals surface area (Å²) in [4.78, 5) is 20.2. The van der Waals surface area contributed by atoms with Gasteiger partial charge in [0.25, 0.3) is 0 Å². The van der Waals surface area contributed by atoms with Gasteiger partial charge in [0.1, 0.15) is 24.4 Å². The van der Waals surface area contributed by atoms with Crippen LogP contribution in [0.1, 0.15) is 0 Å². The average molecular weight is 433 g/mol. The first-order valence-electron chi connectivity index (χ1n) is 6.89. The molecule has 0 bridgehead atoms. The van der Waals surface area contributed by atoms with E-state index in [9.17, 15) is 19.8 Å². The van der Waals surface area contributed by atoms with Gasteiger partial charge in [-0.3, -0.25) is 0 Å². The molecule has 0 aromatic rings. The van der Waals surface area contributed by atoms with Crippen LogP contribution in [0.25, 0.3) is 0 Å². The Balaban J connectivity index is -0.000000192. The Labute approximate surface area is 173 Å². The van der Waals surface area contributed by atoms with Gasteiger partial charge in [-0.2, -0.15) is 0 Å². The number of rotatable bonds is 10. The van der Waals surface area contributed by atoms with E-state index in [4.69, 9.17) is 51.1 Å². The zero-order valence-corrected chi connectivity index (χ0v) is 15.8. The summed E-state index contributed by atoms with van der Waals surface area (Å²) in [7, 11) is 0. The van der Waals surface area contributed by atoms with Gasteiger partial charge in [0.15, 0.2) is 12.2 Å². The summed E-state index contributed by atoms with van der Waals surface area (Å²) < 4.78 is 0. The van der Waals surface area contributed by atoms with Crippen LogP contribution in [0.2, 0.25) is 0 Å². The van der Waals surface area contributed by atoms with Crippen molar-refractivity contribution < 1.29 is 76.3 Å². The second-order valence-electron chi connectivity index (χ2n) is 5.00. The second-order valence-corrected chi connectivity index (χ2v) is 5.00. The minimum atomic E-state index is -2.23. The van der Waals surface area contributed by atoms with Gasteiger partial charge in [-0.15, -0.1) is 13.2 Å². The molecule has 0 aliphatic heterocycles. The Kier molecular flexibility index (Phi) is 21.3. The van der Waals surface area contributed by atoms with E-state index in [2.05, 4.69) is 0 Å². The van der Waals surface area contributed by atoms with Crippen LogP contribution in [-0.2, 0) is 9.59 Å². The predicted molar refractivity (Wildman–Crippen MR) is 82.4 cm³/mol. The average Bonchev–Trinajstić information content (AvgIpc) is 2.62. The molecule has 0 fully saturated rings. The largest absolute Gasteiger partial charge is 2.00 e. The molecule has 0 heterocycles. The van der Waals surface area contributed by atoms with E-state index in [1.54, 1.807) is 0 Å². The number of hydrogen-bond donors (Lipinski definition) is 10.